The number of aryl methyl sites for hydroxylation is 4. The number of benzene rings is 2. The summed E-state index contributed by atoms with van der Waals surface area (Å²) in [6, 6.07) is 12.0. The fourth-order valence-corrected chi connectivity index (χ4v) is 3.70. The van der Waals surface area contributed by atoms with Crippen LogP contribution in [0.4, 0.5) is 5.69 Å². The minimum Gasteiger partial charge on any atom is -0.485 e. The van der Waals surface area contributed by atoms with Gasteiger partial charge in [-0.1, -0.05) is 47.2 Å². The standard InChI is InChI=1S/C22H26N4O2S/c1-14-6-8-18(16(3)10-14)23-21(27)13-29-22-25-24-20(26(22)5)12-28-19-9-7-15(2)11-17(19)4/h6-11H,12-13H2,1-5H3,(H,23,27). The average Bonchev–Trinajstić information content (AvgIpc) is 3.01. The van der Waals surface area contributed by atoms with Gasteiger partial charge in [-0.2, -0.15) is 0 Å². The zero-order valence-corrected chi connectivity index (χ0v) is 18.3. The van der Waals surface area contributed by atoms with E-state index in [1.165, 1.54) is 22.9 Å². The van der Waals surface area contributed by atoms with Crippen LogP contribution in [0.3, 0.4) is 0 Å². The number of rotatable bonds is 7. The van der Waals surface area contributed by atoms with Gasteiger partial charge in [0.15, 0.2) is 11.0 Å². The summed E-state index contributed by atoms with van der Waals surface area (Å²) in [6.45, 7) is 8.42. The van der Waals surface area contributed by atoms with E-state index in [2.05, 4.69) is 28.5 Å². The van der Waals surface area contributed by atoms with Crippen LogP contribution in [0.15, 0.2) is 41.6 Å². The fraction of sp³-hybridized carbons (Fsp3) is 0.318. The monoisotopic (exact) mass is 410 g/mol. The molecule has 0 fully saturated rings. The number of ether oxygens (including phenoxy) is 1. The molecule has 3 aromatic rings. The maximum absolute atomic E-state index is 12.3. The lowest BCUT2D eigenvalue weighted by molar-refractivity contribution is -0.113. The molecule has 1 amide bonds. The Bertz CT molecular complexity index is 1030. The second-order valence-electron chi connectivity index (χ2n) is 7.17. The largest absolute Gasteiger partial charge is 0.485 e. The Morgan fingerprint density at radius 3 is 2.41 bits per heavy atom. The SMILES string of the molecule is Cc1ccc(NC(=O)CSc2nnc(COc3ccc(C)cc3C)n2C)c(C)c1. The molecule has 6 nitrogen and oxygen atoms in total. The third kappa shape index (κ3) is 5.38. The van der Waals surface area contributed by atoms with Crippen LogP contribution in [0.1, 0.15) is 28.1 Å². The number of carbonyl (C=O) groups excluding carboxylic acids is 1. The van der Waals surface area contributed by atoms with Crippen molar-refractivity contribution in [1.29, 1.82) is 0 Å². The number of nitrogens with one attached hydrogen (secondary N) is 1. The summed E-state index contributed by atoms with van der Waals surface area (Å²) >= 11 is 1.35. The van der Waals surface area contributed by atoms with Crippen LogP contribution in [0.25, 0.3) is 0 Å². The highest BCUT2D eigenvalue weighted by Crippen LogP contribution is 2.22. The minimum absolute atomic E-state index is 0.0713. The smallest absolute Gasteiger partial charge is 0.234 e. The summed E-state index contributed by atoms with van der Waals surface area (Å²) in [4.78, 5) is 12.3. The van der Waals surface area contributed by atoms with Gasteiger partial charge < -0.3 is 14.6 Å². The average molecular weight is 411 g/mol. The van der Waals surface area contributed by atoms with Gasteiger partial charge in [0.1, 0.15) is 12.4 Å². The van der Waals surface area contributed by atoms with Crippen LogP contribution >= 0.6 is 11.8 Å². The molecule has 0 saturated carbocycles. The Hall–Kier alpha value is -2.80. The van der Waals surface area contributed by atoms with E-state index in [4.69, 9.17) is 4.74 Å². The number of anilines is 1. The Kier molecular flexibility index (Phi) is 6.59. The molecule has 0 spiro atoms. The van der Waals surface area contributed by atoms with Gasteiger partial charge in [-0.15, -0.1) is 10.2 Å². The van der Waals surface area contributed by atoms with Crippen molar-refractivity contribution in [2.45, 2.75) is 39.5 Å². The summed E-state index contributed by atoms with van der Waals surface area (Å²) < 4.78 is 7.75. The lowest BCUT2D eigenvalue weighted by Crippen LogP contribution is -2.15. The van der Waals surface area contributed by atoms with Crippen molar-refractivity contribution in [3.05, 3.63) is 64.5 Å². The van der Waals surface area contributed by atoms with Gasteiger partial charge in [0, 0.05) is 12.7 Å². The molecule has 0 atom stereocenters. The number of amides is 1. The molecule has 0 aliphatic rings. The van der Waals surface area contributed by atoms with E-state index in [1.807, 2.05) is 62.7 Å². The summed E-state index contributed by atoms with van der Waals surface area (Å²) in [5.41, 5.74) is 5.34. The van der Waals surface area contributed by atoms with Crippen molar-refractivity contribution < 1.29 is 9.53 Å². The van der Waals surface area contributed by atoms with E-state index >= 15 is 0 Å². The molecule has 7 heteroatoms. The zero-order chi connectivity index (χ0) is 21.0. The molecule has 0 radical (unpaired) electrons. The van der Waals surface area contributed by atoms with E-state index in [-0.39, 0.29) is 11.7 Å². The molecule has 1 aromatic heterocycles. The minimum atomic E-state index is -0.0713. The Balaban J connectivity index is 1.55. The zero-order valence-electron chi connectivity index (χ0n) is 17.4. The van der Waals surface area contributed by atoms with Crippen molar-refractivity contribution in [2.75, 3.05) is 11.1 Å². The highest BCUT2D eigenvalue weighted by molar-refractivity contribution is 7.99. The van der Waals surface area contributed by atoms with Crippen LogP contribution in [-0.4, -0.2) is 26.4 Å². The highest BCUT2D eigenvalue weighted by atomic mass is 32.2. The maximum atomic E-state index is 12.3. The first kappa shape index (κ1) is 20.9. The van der Waals surface area contributed by atoms with E-state index in [1.54, 1.807) is 0 Å². The van der Waals surface area contributed by atoms with E-state index in [9.17, 15) is 4.79 Å². The van der Waals surface area contributed by atoms with Crippen molar-refractivity contribution >= 4 is 23.4 Å². The van der Waals surface area contributed by atoms with Gasteiger partial charge in [-0.25, -0.2) is 0 Å². The topological polar surface area (TPSA) is 69.0 Å². The summed E-state index contributed by atoms with van der Waals surface area (Å²) in [5.74, 6) is 1.73. The number of hydrogen-bond donors (Lipinski definition) is 1. The normalized spacial score (nSPS) is 10.8. The number of nitrogens with zero attached hydrogens (tertiary/aromatic N) is 3. The molecule has 1 heterocycles. The van der Waals surface area contributed by atoms with Crippen LogP contribution in [0, 0.1) is 27.7 Å². The first-order valence-corrected chi connectivity index (χ1v) is 10.4. The van der Waals surface area contributed by atoms with Gasteiger partial charge in [-0.05, 0) is 51.0 Å². The summed E-state index contributed by atoms with van der Waals surface area (Å²) in [7, 11) is 1.88. The fourth-order valence-electron chi connectivity index (χ4n) is 2.97. The quantitative estimate of drug-likeness (QED) is 0.586. The number of carbonyl (C=O) groups is 1. The second kappa shape index (κ2) is 9.13. The lowest BCUT2D eigenvalue weighted by Gasteiger charge is -2.10. The number of hydrogen-bond acceptors (Lipinski definition) is 5. The van der Waals surface area contributed by atoms with E-state index < -0.39 is 0 Å². The molecule has 29 heavy (non-hydrogen) atoms. The van der Waals surface area contributed by atoms with Crippen molar-refractivity contribution in [3.8, 4) is 5.75 Å². The predicted molar refractivity (Wildman–Crippen MR) is 117 cm³/mol. The third-order valence-corrected chi connectivity index (χ3v) is 5.62. The Morgan fingerprint density at radius 1 is 1.03 bits per heavy atom. The number of thioether (sulfide) groups is 1. The first-order chi connectivity index (χ1) is 13.8. The maximum Gasteiger partial charge on any atom is 0.234 e. The molecule has 0 aliphatic carbocycles. The molecule has 2 aromatic carbocycles. The molecule has 3 rings (SSSR count). The highest BCUT2D eigenvalue weighted by Gasteiger charge is 2.13. The van der Waals surface area contributed by atoms with Crippen molar-refractivity contribution in [1.82, 2.24) is 14.8 Å². The second-order valence-corrected chi connectivity index (χ2v) is 8.11. The first-order valence-electron chi connectivity index (χ1n) is 9.41. The summed E-state index contributed by atoms with van der Waals surface area (Å²) in [5, 5.41) is 12.0. The molecule has 0 bridgehead atoms. The summed E-state index contributed by atoms with van der Waals surface area (Å²) in [6.07, 6.45) is 0. The molecule has 0 unspecified atom stereocenters. The Morgan fingerprint density at radius 2 is 1.72 bits per heavy atom. The van der Waals surface area contributed by atoms with Gasteiger partial charge in [0.25, 0.3) is 0 Å². The third-order valence-electron chi connectivity index (χ3n) is 4.60. The van der Waals surface area contributed by atoms with Crippen LogP contribution in [0.5, 0.6) is 5.75 Å². The van der Waals surface area contributed by atoms with E-state index in [0.717, 1.165) is 22.6 Å². The molecule has 1 N–H and O–H groups in total. The molecule has 0 saturated heterocycles. The molecule has 152 valence electrons. The van der Waals surface area contributed by atoms with Crippen LogP contribution in [-0.2, 0) is 18.4 Å². The van der Waals surface area contributed by atoms with Crippen molar-refractivity contribution in [2.24, 2.45) is 7.05 Å². The molecular formula is C22H26N4O2S. The van der Waals surface area contributed by atoms with Crippen LogP contribution < -0.4 is 10.1 Å². The van der Waals surface area contributed by atoms with Gasteiger partial charge in [-0.3, -0.25) is 4.79 Å². The Labute approximate surface area is 175 Å². The van der Waals surface area contributed by atoms with E-state index in [0.29, 0.717) is 17.6 Å². The van der Waals surface area contributed by atoms with Gasteiger partial charge in [0.2, 0.25) is 5.91 Å². The van der Waals surface area contributed by atoms with Gasteiger partial charge >= 0.3 is 0 Å². The predicted octanol–water partition coefficient (Wildman–Crippen LogP) is 4.36. The number of aromatic nitrogens is 3. The van der Waals surface area contributed by atoms with Gasteiger partial charge in [0.05, 0.1) is 5.75 Å². The molecule has 0 aliphatic heterocycles. The lowest BCUT2D eigenvalue weighted by atomic mass is 10.1. The van der Waals surface area contributed by atoms with Crippen molar-refractivity contribution in [3.63, 3.8) is 0 Å². The molecular weight excluding hydrogens is 384 g/mol. The van der Waals surface area contributed by atoms with Crippen LogP contribution in [0.2, 0.25) is 0 Å².